The molecule has 1 aromatic carbocycles. The highest BCUT2D eigenvalue weighted by Crippen LogP contribution is 2.18. The Morgan fingerprint density at radius 1 is 1.32 bits per heavy atom. The molecule has 0 aliphatic rings. The fourth-order valence-corrected chi connectivity index (χ4v) is 2.05. The molecule has 0 atom stereocenters. The molecule has 1 heterocycles. The van der Waals surface area contributed by atoms with Crippen molar-refractivity contribution in [3.05, 3.63) is 46.8 Å². The molecule has 0 unspecified atom stereocenters. The van der Waals surface area contributed by atoms with E-state index in [9.17, 15) is 4.79 Å². The third-order valence-corrected chi connectivity index (χ3v) is 3.33. The van der Waals surface area contributed by atoms with E-state index in [0.29, 0.717) is 11.3 Å². The van der Waals surface area contributed by atoms with Gasteiger partial charge in [0.25, 0.3) is 5.91 Å². The summed E-state index contributed by atoms with van der Waals surface area (Å²) in [5.74, 6) is 1.11. The Bertz CT molecular complexity index is 630. The van der Waals surface area contributed by atoms with Gasteiger partial charge in [-0.2, -0.15) is 0 Å². The average molecular weight is 302 g/mol. The fourth-order valence-electron chi connectivity index (χ4n) is 2.05. The maximum Gasteiger partial charge on any atom is 0.274 e. The van der Waals surface area contributed by atoms with Gasteiger partial charge >= 0.3 is 0 Å². The summed E-state index contributed by atoms with van der Waals surface area (Å²) in [7, 11) is 0. The molecule has 0 fully saturated rings. The average Bonchev–Trinajstić information content (AvgIpc) is 2.86. The smallest absolute Gasteiger partial charge is 0.274 e. The van der Waals surface area contributed by atoms with Crippen LogP contribution in [0.5, 0.6) is 5.75 Å². The number of carbonyl (C=O) groups excluding carboxylic acids is 1. The van der Waals surface area contributed by atoms with E-state index in [2.05, 4.69) is 17.4 Å². The summed E-state index contributed by atoms with van der Waals surface area (Å²) >= 11 is 0. The van der Waals surface area contributed by atoms with E-state index >= 15 is 0 Å². The number of nitrogens with zero attached hydrogens (tertiary/aromatic N) is 1. The number of nitrogens with one attached hydrogen (secondary N) is 1. The minimum atomic E-state index is -0.244. The van der Waals surface area contributed by atoms with E-state index in [0.717, 1.165) is 12.2 Å². The Morgan fingerprint density at radius 2 is 2.00 bits per heavy atom. The molecule has 2 aromatic rings. The monoisotopic (exact) mass is 302 g/mol. The minimum Gasteiger partial charge on any atom is -0.489 e. The quantitative estimate of drug-likeness (QED) is 0.889. The Kier molecular flexibility index (Phi) is 5.20. The number of ether oxygens (including phenoxy) is 1. The summed E-state index contributed by atoms with van der Waals surface area (Å²) in [6.07, 6.45) is 0.991. The number of aromatic nitrogens is 1. The molecular weight excluding hydrogens is 280 g/mol. The lowest BCUT2D eigenvalue weighted by Crippen LogP contribution is -2.31. The topological polar surface area (TPSA) is 64.4 Å². The van der Waals surface area contributed by atoms with Gasteiger partial charge < -0.3 is 14.6 Å². The molecule has 1 amide bonds. The number of aryl methyl sites for hydroxylation is 2. The number of hydrogen-bond donors (Lipinski definition) is 1. The van der Waals surface area contributed by atoms with Crippen LogP contribution in [0.15, 0.2) is 28.8 Å². The Labute approximate surface area is 130 Å². The number of amides is 1. The normalized spacial score (nSPS) is 10.8. The molecule has 0 bridgehead atoms. The summed E-state index contributed by atoms with van der Waals surface area (Å²) in [4.78, 5) is 12.1. The van der Waals surface area contributed by atoms with E-state index in [4.69, 9.17) is 9.26 Å². The molecule has 22 heavy (non-hydrogen) atoms. The first-order valence-electron chi connectivity index (χ1n) is 7.49. The fraction of sp³-hybridized carbons (Fsp3) is 0.412. The summed E-state index contributed by atoms with van der Waals surface area (Å²) in [5, 5.41) is 6.65. The number of benzene rings is 1. The van der Waals surface area contributed by atoms with Crippen molar-refractivity contribution in [3.8, 4) is 5.75 Å². The summed E-state index contributed by atoms with van der Waals surface area (Å²) in [6, 6.07) is 7.95. The maximum atomic E-state index is 12.1. The van der Waals surface area contributed by atoms with Gasteiger partial charge in [-0.1, -0.05) is 24.2 Å². The molecule has 0 aliphatic carbocycles. The molecular formula is C17H22N2O3. The number of carbonyl (C=O) groups is 1. The largest absolute Gasteiger partial charge is 0.489 e. The zero-order chi connectivity index (χ0) is 16.1. The van der Waals surface area contributed by atoms with Gasteiger partial charge in [0.1, 0.15) is 18.1 Å². The van der Waals surface area contributed by atoms with Crippen LogP contribution in [0, 0.1) is 6.92 Å². The SMILES string of the molecule is CCc1ccc(OCc2c(C(=O)NC(C)C)noc2C)cc1. The van der Waals surface area contributed by atoms with Gasteiger partial charge in [-0.15, -0.1) is 0 Å². The molecule has 0 aliphatic heterocycles. The van der Waals surface area contributed by atoms with E-state index in [1.54, 1.807) is 6.92 Å². The zero-order valence-electron chi connectivity index (χ0n) is 13.5. The molecule has 1 N–H and O–H groups in total. The van der Waals surface area contributed by atoms with Crippen LogP contribution in [0.1, 0.15) is 48.1 Å². The minimum absolute atomic E-state index is 0.0415. The molecule has 2 rings (SSSR count). The lowest BCUT2D eigenvalue weighted by Gasteiger charge is -2.09. The van der Waals surface area contributed by atoms with Gasteiger partial charge in [0.05, 0.1) is 5.56 Å². The highest BCUT2D eigenvalue weighted by Gasteiger charge is 2.20. The van der Waals surface area contributed by atoms with Crippen molar-refractivity contribution in [2.24, 2.45) is 0 Å². The second kappa shape index (κ2) is 7.11. The van der Waals surface area contributed by atoms with Gasteiger partial charge in [-0.25, -0.2) is 0 Å². The van der Waals surface area contributed by atoms with Crippen molar-refractivity contribution in [3.63, 3.8) is 0 Å². The Hall–Kier alpha value is -2.30. The summed E-state index contributed by atoms with van der Waals surface area (Å²) < 4.78 is 10.9. The highest BCUT2D eigenvalue weighted by atomic mass is 16.5. The van der Waals surface area contributed by atoms with E-state index in [1.807, 2.05) is 38.1 Å². The van der Waals surface area contributed by atoms with E-state index < -0.39 is 0 Å². The predicted octanol–water partition coefficient (Wildman–Crippen LogP) is 3.26. The van der Waals surface area contributed by atoms with Crippen molar-refractivity contribution in [1.29, 1.82) is 0 Å². The first-order chi connectivity index (χ1) is 10.5. The van der Waals surface area contributed by atoms with Gasteiger partial charge in [0.15, 0.2) is 5.69 Å². The van der Waals surface area contributed by atoms with Crippen molar-refractivity contribution < 1.29 is 14.1 Å². The second-order valence-corrected chi connectivity index (χ2v) is 5.48. The molecule has 0 radical (unpaired) electrons. The van der Waals surface area contributed by atoms with Crippen LogP contribution < -0.4 is 10.1 Å². The summed E-state index contributed by atoms with van der Waals surface area (Å²) in [5.41, 5.74) is 2.22. The van der Waals surface area contributed by atoms with Gasteiger partial charge in [0.2, 0.25) is 0 Å². The third kappa shape index (κ3) is 3.87. The summed E-state index contributed by atoms with van der Waals surface area (Å²) in [6.45, 7) is 7.93. The molecule has 118 valence electrons. The molecule has 0 saturated heterocycles. The van der Waals surface area contributed by atoms with Crippen LogP contribution in [0.3, 0.4) is 0 Å². The van der Waals surface area contributed by atoms with Crippen LogP contribution >= 0.6 is 0 Å². The van der Waals surface area contributed by atoms with Crippen molar-refractivity contribution in [2.75, 3.05) is 0 Å². The van der Waals surface area contributed by atoms with Gasteiger partial charge in [-0.05, 0) is 44.9 Å². The standard InChI is InChI=1S/C17H22N2O3/c1-5-13-6-8-14(9-7-13)21-10-15-12(4)22-19-16(15)17(20)18-11(2)3/h6-9,11H,5,10H2,1-4H3,(H,18,20). The van der Waals surface area contributed by atoms with Crippen LogP contribution in [-0.2, 0) is 13.0 Å². The molecule has 0 spiro atoms. The molecule has 5 heteroatoms. The van der Waals surface area contributed by atoms with Crippen molar-refractivity contribution in [2.45, 2.75) is 46.8 Å². The van der Waals surface area contributed by atoms with Crippen LogP contribution in [0.2, 0.25) is 0 Å². The highest BCUT2D eigenvalue weighted by molar-refractivity contribution is 5.93. The zero-order valence-corrected chi connectivity index (χ0v) is 13.5. The molecule has 5 nitrogen and oxygen atoms in total. The maximum absolute atomic E-state index is 12.1. The number of rotatable bonds is 6. The lowest BCUT2D eigenvalue weighted by molar-refractivity contribution is 0.0932. The third-order valence-electron chi connectivity index (χ3n) is 3.33. The van der Waals surface area contributed by atoms with Crippen LogP contribution in [0.4, 0.5) is 0 Å². The first-order valence-corrected chi connectivity index (χ1v) is 7.49. The van der Waals surface area contributed by atoms with E-state index in [-0.39, 0.29) is 24.2 Å². The second-order valence-electron chi connectivity index (χ2n) is 5.48. The predicted molar refractivity (Wildman–Crippen MR) is 84.0 cm³/mol. The molecule has 1 aromatic heterocycles. The van der Waals surface area contributed by atoms with Crippen LogP contribution in [-0.4, -0.2) is 17.1 Å². The number of hydrogen-bond acceptors (Lipinski definition) is 4. The van der Waals surface area contributed by atoms with Gasteiger partial charge in [-0.3, -0.25) is 4.79 Å². The molecule has 0 saturated carbocycles. The van der Waals surface area contributed by atoms with Crippen LogP contribution in [0.25, 0.3) is 0 Å². The van der Waals surface area contributed by atoms with Crippen molar-refractivity contribution >= 4 is 5.91 Å². The Morgan fingerprint density at radius 3 is 2.59 bits per heavy atom. The van der Waals surface area contributed by atoms with Gasteiger partial charge in [0, 0.05) is 6.04 Å². The lowest BCUT2D eigenvalue weighted by atomic mass is 10.1. The Balaban J connectivity index is 2.08. The first kappa shape index (κ1) is 16.1. The van der Waals surface area contributed by atoms with Crippen molar-refractivity contribution in [1.82, 2.24) is 10.5 Å². The van der Waals surface area contributed by atoms with E-state index in [1.165, 1.54) is 5.56 Å².